The Morgan fingerprint density at radius 2 is 1.77 bits per heavy atom. The third-order valence-electron chi connectivity index (χ3n) is 6.36. The highest BCUT2D eigenvalue weighted by atomic mass is 32.2. The van der Waals surface area contributed by atoms with Crippen LogP contribution in [0.15, 0.2) is 0 Å². The second-order valence-corrected chi connectivity index (χ2v) is 10.2. The van der Waals surface area contributed by atoms with Gasteiger partial charge in [-0.3, -0.25) is 0 Å². The fourth-order valence-corrected chi connectivity index (χ4v) is 5.56. The fourth-order valence-electron chi connectivity index (χ4n) is 4.62. The molecule has 0 amide bonds. The van der Waals surface area contributed by atoms with Gasteiger partial charge in [-0.25, -0.2) is 17.5 Å². The zero-order chi connectivity index (χ0) is 22.6. The van der Waals surface area contributed by atoms with Crippen molar-refractivity contribution in [3.63, 3.8) is 0 Å². The summed E-state index contributed by atoms with van der Waals surface area (Å²) >= 11 is 0. The number of likely N-dealkylation sites (tertiary alicyclic amines) is 1. The Hall–Kier alpha value is -0.950. The smallest absolute Gasteiger partial charge is 0.475 e. The van der Waals surface area contributed by atoms with Crippen LogP contribution in [0.1, 0.15) is 25.7 Å². The molecule has 1 unspecified atom stereocenters. The van der Waals surface area contributed by atoms with Crippen LogP contribution in [0, 0.1) is 11.3 Å². The van der Waals surface area contributed by atoms with Gasteiger partial charge >= 0.3 is 12.1 Å². The maximum atomic E-state index is 12.0. The molecule has 0 aromatic carbocycles. The molecule has 0 saturated carbocycles. The van der Waals surface area contributed by atoms with E-state index < -0.39 is 22.2 Å². The Morgan fingerprint density at radius 3 is 2.20 bits per heavy atom. The zero-order valence-corrected chi connectivity index (χ0v) is 18.2. The number of carboxylic acids is 1. The number of carboxylic acid groups (broad SMARTS) is 1. The number of aliphatic carboxylic acids is 1. The predicted molar refractivity (Wildman–Crippen MR) is 103 cm³/mol. The normalized spacial score (nSPS) is 26.4. The molecule has 3 aliphatic heterocycles. The highest BCUT2D eigenvalue weighted by Crippen LogP contribution is 2.46. The highest BCUT2D eigenvalue weighted by molar-refractivity contribution is 7.88. The number of methoxy groups -OCH3 is 1. The van der Waals surface area contributed by atoms with Gasteiger partial charge < -0.3 is 19.5 Å². The van der Waals surface area contributed by atoms with Gasteiger partial charge in [0, 0.05) is 45.4 Å². The Bertz CT molecular complexity index is 674. The molecule has 3 rings (SSSR count). The van der Waals surface area contributed by atoms with E-state index in [2.05, 4.69) is 4.90 Å². The largest absolute Gasteiger partial charge is 0.490 e. The van der Waals surface area contributed by atoms with E-state index in [9.17, 15) is 21.6 Å². The van der Waals surface area contributed by atoms with E-state index in [-0.39, 0.29) is 5.41 Å². The lowest BCUT2D eigenvalue weighted by molar-refractivity contribution is -0.192. The molecule has 3 aliphatic rings. The first-order chi connectivity index (χ1) is 13.9. The van der Waals surface area contributed by atoms with Gasteiger partial charge in [-0.1, -0.05) is 0 Å². The molecule has 176 valence electrons. The van der Waals surface area contributed by atoms with Crippen LogP contribution in [0.5, 0.6) is 0 Å². The minimum absolute atomic E-state index is 0.0980. The summed E-state index contributed by atoms with van der Waals surface area (Å²) in [6, 6.07) is 0.648. The van der Waals surface area contributed by atoms with Gasteiger partial charge in [0.05, 0.1) is 12.9 Å². The summed E-state index contributed by atoms with van der Waals surface area (Å²) in [5.74, 6) is -2.44. The van der Waals surface area contributed by atoms with Crippen LogP contribution in [0.25, 0.3) is 0 Å². The Kier molecular flexibility index (Phi) is 8.53. The van der Waals surface area contributed by atoms with Gasteiger partial charge in [0.2, 0.25) is 10.0 Å². The Labute approximate surface area is 175 Å². The number of halogens is 3. The molecule has 12 heteroatoms. The van der Waals surface area contributed by atoms with Crippen molar-refractivity contribution in [1.82, 2.24) is 9.21 Å². The number of piperidine rings is 1. The minimum Gasteiger partial charge on any atom is -0.475 e. The summed E-state index contributed by atoms with van der Waals surface area (Å²) in [6.45, 7) is 5.83. The third-order valence-corrected chi connectivity index (χ3v) is 7.58. The Morgan fingerprint density at radius 1 is 1.23 bits per heavy atom. The van der Waals surface area contributed by atoms with Gasteiger partial charge in [-0.2, -0.15) is 13.2 Å². The van der Waals surface area contributed by atoms with E-state index in [1.807, 2.05) is 0 Å². The third kappa shape index (κ3) is 6.52. The predicted octanol–water partition coefficient (Wildman–Crippen LogP) is 1.42. The molecule has 0 aromatic heterocycles. The van der Waals surface area contributed by atoms with Crippen LogP contribution in [-0.4, -0.2) is 100 Å². The van der Waals surface area contributed by atoms with Crippen molar-refractivity contribution in [3.8, 4) is 0 Å². The van der Waals surface area contributed by atoms with E-state index in [1.54, 1.807) is 11.4 Å². The van der Waals surface area contributed by atoms with Gasteiger partial charge in [-0.15, -0.1) is 0 Å². The Balaban J connectivity index is 0.000000396. The fraction of sp³-hybridized carbons (Fsp3) is 0.944. The van der Waals surface area contributed by atoms with Crippen molar-refractivity contribution >= 4 is 16.0 Å². The number of carbonyl (C=O) groups is 1. The average Bonchev–Trinajstić information content (AvgIpc) is 3.01. The molecular weight excluding hydrogens is 429 g/mol. The number of ether oxygens (including phenoxy) is 2. The number of sulfonamides is 1. The van der Waals surface area contributed by atoms with Gasteiger partial charge in [0.25, 0.3) is 0 Å². The number of alkyl halides is 3. The van der Waals surface area contributed by atoms with Crippen LogP contribution in [0.4, 0.5) is 13.2 Å². The maximum absolute atomic E-state index is 12.0. The van der Waals surface area contributed by atoms with E-state index in [0.29, 0.717) is 31.7 Å². The topological polar surface area (TPSA) is 96.4 Å². The summed E-state index contributed by atoms with van der Waals surface area (Å²) in [7, 11) is -1.40. The first-order valence-corrected chi connectivity index (χ1v) is 11.8. The van der Waals surface area contributed by atoms with Crippen LogP contribution in [0.3, 0.4) is 0 Å². The van der Waals surface area contributed by atoms with E-state index >= 15 is 0 Å². The second-order valence-electron chi connectivity index (χ2n) is 8.25. The van der Waals surface area contributed by atoms with Crippen molar-refractivity contribution in [3.05, 3.63) is 0 Å². The first kappa shape index (κ1) is 25.3. The zero-order valence-electron chi connectivity index (χ0n) is 17.4. The molecule has 3 fully saturated rings. The second kappa shape index (κ2) is 10.1. The molecule has 3 heterocycles. The van der Waals surface area contributed by atoms with Crippen molar-refractivity contribution in [2.45, 2.75) is 37.9 Å². The number of hydrogen-bond donors (Lipinski definition) is 1. The summed E-state index contributed by atoms with van der Waals surface area (Å²) in [4.78, 5) is 11.5. The lowest BCUT2D eigenvalue weighted by atomic mass is 9.71. The molecule has 0 aromatic rings. The van der Waals surface area contributed by atoms with Gasteiger partial charge in [0.15, 0.2) is 0 Å². The van der Waals surface area contributed by atoms with Crippen LogP contribution in [0.2, 0.25) is 0 Å². The molecule has 1 N–H and O–H groups in total. The van der Waals surface area contributed by atoms with Gasteiger partial charge in [-0.05, 0) is 44.2 Å². The van der Waals surface area contributed by atoms with E-state index in [0.717, 1.165) is 52.0 Å². The maximum Gasteiger partial charge on any atom is 0.490 e. The van der Waals surface area contributed by atoms with Crippen molar-refractivity contribution < 1.29 is 41.0 Å². The van der Waals surface area contributed by atoms with Crippen molar-refractivity contribution in [1.29, 1.82) is 0 Å². The average molecular weight is 461 g/mol. The number of rotatable bonds is 4. The van der Waals surface area contributed by atoms with Crippen LogP contribution >= 0.6 is 0 Å². The molecule has 3 saturated heterocycles. The van der Waals surface area contributed by atoms with Crippen LogP contribution < -0.4 is 0 Å². The molecule has 8 nitrogen and oxygen atoms in total. The summed E-state index contributed by atoms with van der Waals surface area (Å²) in [5, 5.41) is 7.12. The minimum atomic E-state index is -5.08. The van der Waals surface area contributed by atoms with Crippen molar-refractivity contribution in [2.24, 2.45) is 11.3 Å². The summed E-state index contributed by atoms with van der Waals surface area (Å²) < 4.78 is 68.2. The van der Waals surface area contributed by atoms with E-state index in [1.165, 1.54) is 6.26 Å². The molecular formula is C18H31F3N2O6S. The lowest BCUT2D eigenvalue weighted by Gasteiger charge is -2.45. The standard InChI is InChI=1S/C16H30N2O4S.C2HF3O2/c1-21-12-14-11-18(23(2,19)20)13-16(14)5-7-17(8-6-16)15-3-9-22-10-4-15;3-2(4,5)1(6)7/h14-15H,3-13H2,1-2H3;(H,6,7). The molecule has 0 aliphatic carbocycles. The molecule has 0 bridgehead atoms. The van der Waals surface area contributed by atoms with Crippen LogP contribution in [-0.2, 0) is 24.3 Å². The molecule has 0 radical (unpaired) electrons. The van der Waals surface area contributed by atoms with Crippen molar-refractivity contribution in [2.75, 3.05) is 59.4 Å². The number of nitrogens with zero attached hydrogens (tertiary/aromatic N) is 2. The lowest BCUT2D eigenvalue weighted by Crippen LogP contribution is -2.50. The molecule has 30 heavy (non-hydrogen) atoms. The summed E-state index contributed by atoms with van der Waals surface area (Å²) in [5.41, 5.74) is 0.0980. The quantitative estimate of drug-likeness (QED) is 0.678. The number of hydrogen-bond acceptors (Lipinski definition) is 6. The first-order valence-electron chi connectivity index (χ1n) is 9.95. The monoisotopic (exact) mass is 460 g/mol. The highest BCUT2D eigenvalue weighted by Gasteiger charge is 2.50. The summed E-state index contributed by atoms with van der Waals surface area (Å²) in [6.07, 6.45) is 0.649. The molecule has 1 atom stereocenters. The van der Waals surface area contributed by atoms with Gasteiger partial charge in [0.1, 0.15) is 0 Å². The van der Waals surface area contributed by atoms with E-state index in [4.69, 9.17) is 19.4 Å². The SMILES string of the molecule is COCC1CN(S(C)(=O)=O)CC12CCN(C1CCOCC1)CC2.O=C(O)C(F)(F)F. The molecule has 1 spiro atoms.